The van der Waals surface area contributed by atoms with Gasteiger partial charge in [-0.1, -0.05) is 22.0 Å². The number of aromatic hydroxyl groups is 1. The molecule has 0 amide bonds. The van der Waals surface area contributed by atoms with Gasteiger partial charge in [-0.3, -0.25) is 0 Å². The number of hydrogen-bond donors (Lipinski definition) is 2. The van der Waals surface area contributed by atoms with Gasteiger partial charge in [-0.15, -0.1) is 0 Å². The molecule has 3 nitrogen and oxygen atoms in total. The third-order valence-corrected chi connectivity index (χ3v) is 2.24. The van der Waals surface area contributed by atoms with Crippen molar-refractivity contribution in [2.24, 2.45) is 0 Å². The van der Waals surface area contributed by atoms with Crippen LogP contribution in [0.4, 0.5) is 0 Å². The van der Waals surface area contributed by atoms with E-state index in [0.717, 1.165) is 5.56 Å². The lowest BCUT2D eigenvalue weighted by atomic mass is 10.1. The van der Waals surface area contributed by atoms with Crippen LogP contribution in [0.5, 0.6) is 5.75 Å². The molecule has 0 fully saturated rings. The van der Waals surface area contributed by atoms with Crippen molar-refractivity contribution in [3.8, 4) is 5.75 Å². The van der Waals surface area contributed by atoms with Crippen LogP contribution in [-0.4, -0.2) is 16.2 Å². The summed E-state index contributed by atoms with van der Waals surface area (Å²) in [6.45, 7) is 1.90. The second-order valence-electron chi connectivity index (χ2n) is 2.70. The van der Waals surface area contributed by atoms with E-state index in [2.05, 4.69) is 15.9 Å². The van der Waals surface area contributed by atoms with E-state index >= 15 is 0 Å². The van der Waals surface area contributed by atoms with Gasteiger partial charge in [-0.05, 0) is 24.6 Å². The number of alkyl halides is 1. The normalized spacial score (nSPS) is 12.5. The quantitative estimate of drug-likeness (QED) is 0.787. The molecule has 0 aromatic heterocycles. The Kier molecular flexibility index (Phi) is 2.93. The average Bonchev–Trinajstić information content (AvgIpc) is 2.03. The minimum Gasteiger partial charge on any atom is -0.507 e. The van der Waals surface area contributed by atoms with E-state index in [9.17, 15) is 9.90 Å². The molecule has 1 atom stereocenters. The van der Waals surface area contributed by atoms with Crippen LogP contribution in [0, 0.1) is 0 Å². The van der Waals surface area contributed by atoms with Crippen molar-refractivity contribution in [1.82, 2.24) is 0 Å². The van der Waals surface area contributed by atoms with E-state index in [1.54, 1.807) is 6.07 Å². The summed E-state index contributed by atoms with van der Waals surface area (Å²) in [7, 11) is 0. The second-order valence-corrected chi connectivity index (χ2v) is 4.07. The van der Waals surface area contributed by atoms with Gasteiger partial charge in [0.05, 0.1) is 0 Å². The smallest absolute Gasteiger partial charge is 0.339 e. The molecule has 2 N–H and O–H groups in total. The maximum atomic E-state index is 10.5. The lowest BCUT2D eigenvalue weighted by molar-refractivity contribution is 0.0693. The minimum absolute atomic E-state index is 0.0723. The topological polar surface area (TPSA) is 57.5 Å². The fourth-order valence-corrected chi connectivity index (χ4v) is 1.26. The molecule has 0 radical (unpaired) electrons. The van der Waals surface area contributed by atoms with E-state index in [-0.39, 0.29) is 16.1 Å². The van der Waals surface area contributed by atoms with Gasteiger partial charge in [0, 0.05) is 4.83 Å². The molecule has 4 heteroatoms. The highest BCUT2D eigenvalue weighted by Crippen LogP contribution is 2.27. The molecule has 0 heterocycles. The maximum absolute atomic E-state index is 10.5. The first-order valence-electron chi connectivity index (χ1n) is 3.72. The van der Waals surface area contributed by atoms with Gasteiger partial charge in [0.1, 0.15) is 11.3 Å². The first-order valence-corrected chi connectivity index (χ1v) is 4.64. The summed E-state index contributed by atoms with van der Waals surface area (Å²) in [5.41, 5.74) is 0.777. The molecule has 70 valence electrons. The zero-order valence-electron chi connectivity index (χ0n) is 6.99. The predicted octanol–water partition coefficient (Wildman–Crippen LogP) is 2.55. The Morgan fingerprint density at radius 1 is 1.54 bits per heavy atom. The van der Waals surface area contributed by atoms with Crippen molar-refractivity contribution in [3.63, 3.8) is 0 Å². The van der Waals surface area contributed by atoms with Crippen LogP contribution in [0.2, 0.25) is 0 Å². The van der Waals surface area contributed by atoms with Gasteiger partial charge in [0.2, 0.25) is 0 Å². The van der Waals surface area contributed by atoms with Crippen LogP contribution in [0.15, 0.2) is 18.2 Å². The van der Waals surface area contributed by atoms with Gasteiger partial charge < -0.3 is 10.2 Å². The molecule has 0 aliphatic heterocycles. The highest BCUT2D eigenvalue weighted by atomic mass is 79.9. The highest BCUT2D eigenvalue weighted by molar-refractivity contribution is 9.09. The SMILES string of the molecule is CC(Br)c1ccc(C(=O)O)c(O)c1. The Bertz CT molecular complexity index is 334. The molecule has 0 saturated carbocycles. The Labute approximate surface area is 84.1 Å². The summed E-state index contributed by atoms with van der Waals surface area (Å²) < 4.78 is 0. The van der Waals surface area contributed by atoms with E-state index in [1.165, 1.54) is 12.1 Å². The third-order valence-electron chi connectivity index (χ3n) is 1.71. The van der Waals surface area contributed by atoms with Gasteiger partial charge >= 0.3 is 5.97 Å². The molecule has 1 aromatic rings. The number of halogens is 1. The van der Waals surface area contributed by atoms with Crippen molar-refractivity contribution in [2.45, 2.75) is 11.8 Å². The number of carboxylic acid groups (broad SMARTS) is 1. The Morgan fingerprint density at radius 2 is 2.15 bits per heavy atom. The lowest BCUT2D eigenvalue weighted by Crippen LogP contribution is -1.97. The Morgan fingerprint density at radius 3 is 2.54 bits per heavy atom. The Hall–Kier alpha value is -1.03. The number of hydrogen-bond acceptors (Lipinski definition) is 2. The molecule has 0 bridgehead atoms. The summed E-state index contributed by atoms with van der Waals surface area (Å²) in [5.74, 6) is -1.32. The first kappa shape index (κ1) is 10.1. The summed E-state index contributed by atoms with van der Waals surface area (Å²) in [6.07, 6.45) is 0. The molecule has 13 heavy (non-hydrogen) atoms. The van der Waals surface area contributed by atoms with Gasteiger partial charge in [-0.2, -0.15) is 0 Å². The molecule has 0 aliphatic rings. The van der Waals surface area contributed by atoms with E-state index in [4.69, 9.17) is 5.11 Å². The van der Waals surface area contributed by atoms with Crippen molar-refractivity contribution in [1.29, 1.82) is 0 Å². The van der Waals surface area contributed by atoms with Crippen LogP contribution in [0.25, 0.3) is 0 Å². The molecular weight excluding hydrogens is 236 g/mol. The molecular formula is C9H9BrO3. The molecule has 0 spiro atoms. The van der Waals surface area contributed by atoms with Crippen LogP contribution >= 0.6 is 15.9 Å². The average molecular weight is 245 g/mol. The zero-order chi connectivity index (χ0) is 10.0. The van der Waals surface area contributed by atoms with E-state index in [0.29, 0.717) is 0 Å². The first-order chi connectivity index (χ1) is 6.02. The number of aromatic carboxylic acids is 1. The fourth-order valence-electron chi connectivity index (χ4n) is 0.977. The lowest BCUT2D eigenvalue weighted by Gasteiger charge is -2.05. The molecule has 1 rings (SSSR count). The molecule has 1 aromatic carbocycles. The van der Waals surface area contributed by atoms with E-state index in [1.807, 2.05) is 6.92 Å². The summed E-state index contributed by atoms with van der Waals surface area (Å²) in [6, 6.07) is 4.51. The fraction of sp³-hybridized carbons (Fsp3) is 0.222. The molecule has 1 unspecified atom stereocenters. The summed E-state index contributed by atoms with van der Waals surface area (Å²) >= 11 is 3.32. The highest BCUT2D eigenvalue weighted by Gasteiger charge is 2.10. The van der Waals surface area contributed by atoms with Crippen LogP contribution < -0.4 is 0 Å². The summed E-state index contributed by atoms with van der Waals surface area (Å²) in [4.78, 5) is 10.6. The minimum atomic E-state index is -1.12. The van der Waals surface area contributed by atoms with Crippen molar-refractivity contribution >= 4 is 21.9 Å². The predicted molar refractivity (Wildman–Crippen MR) is 52.4 cm³/mol. The molecule has 0 saturated heterocycles. The number of carboxylic acids is 1. The van der Waals surface area contributed by atoms with Crippen LogP contribution in [-0.2, 0) is 0 Å². The van der Waals surface area contributed by atoms with Gasteiger partial charge in [-0.25, -0.2) is 4.79 Å². The summed E-state index contributed by atoms with van der Waals surface area (Å²) in [5, 5.41) is 17.9. The number of phenols is 1. The van der Waals surface area contributed by atoms with E-state index < -0.39 is 5.97 Å². The standard InChI is InChI=1S/C9H9BrO3/c1-5(10)6-2-3-7(9(12)13)8(11)4-6/h2-5,11H,1H3,(H,12,13). The number of rotatable bonds is 2. The largest absolute Gasteiger partial charge is 0.507 e. The number of carbonyl (C=O) groups is 1. The molecule has 0 aliphatic carbocycles. The van der Waals surface area contributed by atoms with Crippen molar-refractivity contribution in [2.75, 3.05) is 0 Å². The maximum Gasteiger partial charge on any atom is 0.339 e. The third kappa shape index (κ3) is 2.21. The van der Waals surface area contributed by atoms with Gasteiger partial charge in [0.15, 0.2) is 0 Å². The Balaban J connectivity index is 3.13. The second kappa shape index (κ2) is 3.79. The van der Waals surface area contributed by atoms with Crippen LogP contribution in [0.3, 0.4) is 0 Å². The van der Waals surface area contributed by atoms with Gasteiger partial charge in [0.25, 0.3) is 0 Å². The van der Waals surface area contributed by atoms with Crippen molar-refractivity contribution < 1.29 is 15.0 Å². The zero-order valence-corrected chi connectivity index (χ0v) is 8.58. The monoisotopic (exact) mass is 244 g/mol. The number of benzene rings is 1. The van der Waals surface area contributed by atoms with Crippen LogP contribution in [0.1, 0.15) is 27.7 Å². The van der Waals surface area contributed by atoms with Crippen molar-refractivity contribution in [3.05, 3.63) is 29.3 Å².